The van der Waals surface area contributed by atoms with Crippen molar-refractivity contribution in [2.75, 3.05) is 19.8 Å². The van der Waals surface area contributed by atoms with Gasteiger partial charge in [-0.15, -0.1) is 0 Å². The number of carbonyl (C=O) groups is 2. The summed E-state index contributed by atoms with van der Waals surface area (Å²) in [5, 5.41) is 51.0. The number of aliphatic hydroxyl groups excluding tert-OH is 5. The zero-order valence-electron chi connectivity index (χ0n) is 24.2. The van der Waals surface area contributed by atoms with E-state index in [-0.39, 0.29) is 64.8 Å². The number of carbonyl (C=O) groups excluding carboxylic acids is 2. The number of aliphatic hydroxyl groups is 5. The minimum Gasteiger partial charge on any atom is -0.486 e. The Morgan fingerprint density at radius 1 is 0.800 bits per heavy atom. The van der Waals surface area contributed by atoms with Gasteiger partial charge in [-0.2, -0.15) is 0 Å². The van der Waals surface area contributed by atoms with Crippen LogP contribution in [0.2, 0.25) is 0 Å². The highest BCUT2D eigenvalue weighted by atomic mass is 16.7. The second-order valence-corrected chi connectivity index (χ2v) is 10.7. The van der Waals surface area contributed by atoms with E-state index >= 15 is 0 Å². The first-order valence-electron chi connectivity index (χ1n) is 14.4. The Balaban J connectivity index is 1.78. The van der Waals surface area contributed by atoms with E-state index in [4.69, 9.17) is 25.7 Å². The molecule has 2 aliphatic rings. The van der Waals surface area contributed by atoms with Gasteiger partial charge >= 0.3 is 0 Å². The highest BCUT2D eigenvalue weighted by Gasteiger charge is 2.46. The molecule has 1 fully saturated rings. The number of fused-ring (bicyclic) bond motifs is 2. The van der Waals surface area contributed by atoms with Gasteiger partial charge in [0.2, 0.25) is 6.29 Å². The molecule has 3 aromatic carbocycles. The number of hydrogen-bond donors (Lipinski definition) is 7. The minimum atomic E-state index is -1.81. The van der Waals surface area contributed by atoms with Crippen molar-refractivity contribution >= 4 is 17.5 Å². The molecule has 5 rings (SSSR count). The maximum atomic E-state index is 14.2. The predicted molar refractivity (Wildman–Crippen MR) is 160 cm³/mol. The number of hydrogen-bond acceptors (Lipinski definition) is 11. The van der Waals surface area contributed by atoms with Crippen molar-refractivity contribution in [2.24, 2.45) is 16.5 Å². The van der Waals surface area contributed by atoms with Crippen LogP contribution in [0.25, 0.3) is 0 Å². The van der Waals surface area contributed by atoms with Gasteiger partial charge in [-0.05, 0) is 24.0 Å². The highest BCUT2D eigenvalue weighted by Crippen LogP contribution is 2.46. The van der Waals surface area contributed by atoms with Crippen molar-refractivity contribution in [3.63, 3.8) is 0 Å². The van der Waals surface area contributed by atoms with Gasteiger partial charge < -0.3 is 51.2 Å². The zero-order chi connectivity index (χ0) is 32.2. The summed E-state index contributed by atoms with van der Waals surface area (Å²) in [6.07, 6.45) is -7.58. The first kappa shape index (κ1) is 32.0. The molecule has 1 saturated heterocycles. The lowest BCUT2D eigenvalue weighted by Gasteiger charge is -2.40. The normalized spacial score (nSPS) is 22.4. The number of nitrogens with two attached hydrogens (primary N) is 2. The molecule has 45 heavy (non-hydrogen) atoms. The molecule has 0 amide bonds. The maximum Gasteiger partial charge on any atom is 0.229 e. The average Bonchev–Trinajstić information content (AvgIpc) is 3.05. The van der Waals surface area contributed by atoms with Crippen LogP contribution in [-0.2, 0) is 24.1 Å². The van der Waals surface area contributed by atoms with E-state index in [9.17, 15) is 35.1 Å². The largest absolute Gasteiger partial charge is 0.486 e. The Hall–Kier alpha value is -4.37. The maximum absolute atomic E-state index is 14.2. The number of ether oxygens (including phenoxy) is 3. The fourth-order valence-electron chi connectivity index (χ4n) is 5.64. The van der Waals surface area contributed by atoms with Gasteiger partial charge in [0, 0.05) is 22.3 Å². The lowest BCUT2D eigenvalue weighted by molar-refractivity contribution is -0.277. The monoisotopic (exact) mass is 621 g/mol. The molecule has 238 valence electrons. The molecular weight excluding hydrogens is 586 g/mol. The van der Waals surface area contributed by atoms with Gasteiger partial charge in [0.05, 0.1) is 25.3 Å². The summed E-state index contributed by atoms with van der Waals surface area (Å²) in [7, 11) is 0. The minimum absolute atomic E-state index is 0.0597. The molecule has 0 spiro atoms. The Morgan fingerprint density at radius 2 is 1.44 bits per heavy atom. The highest BCUT2D eigenvalue weighted by molar-refractivity contribution is 6.30. The van der Waals surface area contributed by atoms with Gasteiger partial charge in [-0.1, -0.05) is 54.6 Å². The molecule has 0 saturated carbocycles. The van der Waals surface area contributed by atoms with E-state index in [1.165, 1.54) is 6.07 Å². The number of guanidine groups is 1. The van der Waals surface area contributed by atoms with Crippen molar-refractivity contribution in [3.05, 3.63) is 93.5 Å². The molecule has 1 aliphatic carbocycles. The van der Waals surface area contributed by atoms with Crippen LogP contribution in [0.1, 0.15) is 48.5 Å². The van der Waals surface area contributed by atoms with Crippen LogP contribution in [0.15, 0.2) is 59.6 Å². The zero-order valence-corrected chi connectivity index (χ0v) is 24.2. The van der Waals surface area contributed by atoms with Gasteiger partial charge in [0.15, 0.2) is 29.0 Å². The summed E-state index contributed by atoms with van der Waals surface area (Å²) in [4.78, 5) is 32.5. The van der Waals surface area contributed by atoms with Crippen LogP contribution in [0.5, 0.6) is 11.5 Å². The van der Waals surface area contributed by atoms with Gasteiger partial charge in [-0.25, -0.2) is 4.99 Å². The van der Waals surface area contributed by atoms with Crippen molar-refractivity contribution in [3.8, 4) is 11.5 Å². The number of nitrogens with zero attached hydrogens (tertiary/aromatic N) is 1. The first-order valence-corrected chi connectivity index (χ1v) is 14.4. The summed E-state index contributed by atoms with van der Waals surface area (Å²) < 4.78 is 17.7. The van der Waals surface area contributed by atoms with E-state index < -0.39 is 55.5 Å². The molecule has 3 aromatic rings. The lowest BCUT2D eigenvalue weighted by Crippen LogP contribution is -2.60. The quantitative estimate of drug-likeness (QED) is 0.0836. The van der Waals surface area contributed by atoms with Crippen LogP contribution in [0.4, 0.5) is 0 Å². The molecule has 9 N–H and O–H groups in total. The lowest BCUT2D eigenvalue weighted by atomic mass is 9.78. The Labute approximate surface area is 258 Å². The molecule has 1 heterocycles. The molecular formula is C32H35N3O10. The van der Waals surface area contributed by atoms with E-state index in [2.05, 4.69) is 4.99 Å². The fraction of sp³-hybridized carbons (Fsp3) is 0.344. The van der Waals surface area contributed by atoms with Crippen molar-refractivity contribution in [2.45, 2.75) is 50.1 Å². The third-order valence-electron chi connectivity index (χ3n) is 7.84. The third kappa shape index (κ3) is 6.27. The Kier molecular flexibility index (Phi) is 9.77. The van der Waals surface area contributed by atoms with Crippen molar-refractivity contribution < 1.29 is 49.3 Å². The van der Waals surface area contributed by atoms with Crippen LogP contribution < -0.4 is 20.9 Å². The van der Waals surface area contributed by atoms with Gasteiger partial charge in [0.25, 0.3) is 0 Å². The van der Waals surface area contributed by atoms with E-state index in [1.807, 2.05) is 30.3 Å². The number of rotatable bonds is 11. The molecule has 1 aliphatic heterocycles. The van der Waals surface area contributed by atoms with E-state index in [0.717, 1.165) is 5.56 Å². The smallest absolute Gasteiger partial charge is 0.229 e. The molecule has 0 bridgehead atoms. The standard InChI is InChI=1S/C32H35N3O10/c33-32(34)35-14-20-17(11-10-16-6-2-1-3-7-16)22-23(25(39)19-9-5-4-8-18(19)24(22)38)30(43-13-12-36)29(20)45-31-28(42)27(41)26(40)21(15-37)44-31/h1-9,21,26-28,31,36-37,40-42H,10-15H2,(H4,33,34,35). The van der Waals surface area contributed by atoms with Crippen molar-refractivity contribution in [1.82, 2.24) is 0 Å². The number of ketones is 2. The van der Waals surface area contributed by atoms with Crippen molar-refractivity contribution in [1.29, 1.82) is 0 Å². The van der Waals surface area contributed by atoms with Crippen LogP contribution in [0, 0.1) is 0 Å². The summed E-state index contributed by atoms with van der Waals surface area (Å²) in [5.74, 6) is -1.68. The molecule has 0 radical (unpaired) electrons. The Bertz CT molecular complexity index is 1590. The summed E-state index contributed by atoms with van der Waals surface area (Å²) >= 11 is 0. The second-order valence-electron chi connectivity index (χ2n) is 10.7. The third-order valence-corrected chi connectivity index (χ3v) is 7.84. The van der Waals surface area contributed by atoms with E-state index in [0.29, 0.717) is 12.0 Å². The predicted octanol–water partition coefficient (Wildman–Crippen LogP) is -0.430. The van der Waals surface area contributed by atoms with Gasteiger partial charge in [-0.3, -0.25) is 9.59 Å². The Morgan fingerprint density at radius 3 is 2.07 bits per heavy atom. The topological polar surface area (TPSA) is 227 Å². The van der Waals surface area contributed by atoms with Gasteiger partial charge in [0.1, 0.15) is 31.0 Å². The van der Waals surface area contributed by atoms with Crippen LogP contribution >= 0.6 is 0 Å². The number of aryl methyl sites for hydroxylation is 1. The van der Waals surface area contributed by atoms with Crippen LogP contribution in [-0.4, -0.2) is 93.6 Å². The number of benzene rings is 3. The second kappa shape index (κ2) is 13.7. The summed E-state index contributed by atoms with van der Waals surface area (Å²) in [6, 6.07) is 15.8. The molecule has 13 heteroatoms. The molecule has 0 aromatic heterocycles. The summed E-state index contributed by atoms with van der Waals surface area (Å²) in [6.45, 7) is -1.75. The average molecular weight is 622 g/mol. The van der Waals surface area contributed by atoms with Crippen LogP contribution in [0.3, 0.4) is 0 Å². The SMILES string of the molecule is NC(N)=NCc1c(CCc2ccccc2)c2c(c(OCCO)c1OC1OC(CO)C(O)C(O)C1O)C(=O)c1ccccc1C2=O. The summed E-state index contributed by atoms with van der Waals surface area (Å²) in [5.41, 5.74) is 13.2. The fourth-order valence-corrected chi connectivity index (χ4v) is 5.64. The number of aliphatic imine (C=N–C) groups is 1. The van der Waals surface area contributed by atoms with E-state index in [1.54, 1.807) is 18.2 Å². The molecule has 5 atom stereocenters. The first-order chi connectivity index (χ1) is 21.7. The molecule has 13 nitrogen and oxygen atoms in total. The molecule has 5 unspecified atom stereocenters.